The molecule has 102 valence electrons. The lowest BCUT2D eigenvalue weighted by Gasteiger charge is -2.12. The van der Waals surface area contributed by atoms with Gasteiger partial charge in [-0.25, -0.2) is 0 Å². The normalized spacial score (nSPS) is 23.2. The summed E-state index contributed by atoms with van der Waals surface area (Å²) < 4.78 is 5.84. The molecule has 1 fully saturated rings. The highest BCUT2D eigenvalue weighted by molar-refractivity contribution is 9.10. The molecule has 0 aliphatic carbocycles. The first kappa shape index (κ1) is 13.9. The van der Waals surface area contributed by atoms with Crippen molar-refractivity contribution in [2.75, 3.05) is 13.1 Å². The van der Waals surface area contributed by atoms with Gasteiger partial charge in [0.05, 0.1) is 5.92 Å². The first-order valence-electron chi connectivity index (χ1n) is 5.92. The second-order valence-electron chi connectivity index (χ2n) is 4.64. The van der Waals surface area contributed by atoms with Gasteiger partial charge in [-0.1, -0.05) is 6.92 Å². The molecule has 0 bridgehead atoms. The van der Waals surface area contributed by atoms with E-state index in [0.29, 0.717) is 17.0 Å². The van der Waals surface area contributed by atoms with Crippen LogP contribution in [0.4, 0.5) is 0 Å². The smallest absolute Gasteiger partial charge is 0.308 e. The maximum Gasteiger partial charge on any atom is 0.308 e. The maximum atomic E-state index is 11.9. The Bertz CT molecular complexity index is 522. The Labute approximate surface area is 119 Å². The van der Waals surface area contributed by atoms with Gasteiger partial charge in [0.1, 0.15) is 5.76 Å². The van der Waals surface area contributed by atoms with Gasteiger partial charge in [-0.15, -0.1) is 0 Å². The summed E-state index contributed by atoms with van der Waals surface area (Å²) in [7, 11) is 0. The number of hydrogen-bond acceptors (Lipinski definition) is 3. The molecule has 1 N–H and O–H groups in total. The van der Waals surface area contributed by atoms with Gasteiger partial charge < -0.3 is 14.4 Å². The lowest BCUT2D eigenvalue weighted by Crippen LogP contribution is -2.28. The zero-order valence-corrected chi connectivity index (χ0v) is 12.0. The summed E-state index contributed by atoms with van der Waals surface area (Å²) in [6.45, 7) is 2.59. The number of carboxylic acid groups (broad SMARTS) is 1. The predicted octanol–water partition coefficient (Wildman–Crippen LogP) is 2.23. The minimum absolute atomic E-state index is 0.0207. The molecule has 0 aromatic carbocycles. The topological polar surface area (TPSA) is 70.8 Å². The number of nitrogens with zero attached hydrogens (tertiary/aromatic N) is 1. The Morgan fingerprint density at radius 3 is 2.74 bits per heavy atom. The third-order valence-corrected chi connectivity index (χ3v) is 3.65. The minimum atomic E-state index is -0.846. The molecule has 1 aromatic heterocycles. The van der Waals surface area contributed by atoms with Crippen LogP contribution >= 0.6 is 15.9 Å². The van der Waals surface area contributed by atoms with Gasteiger partial charge in [0.2, 0.25) is 5.91 Å². The van der Waals surface area contributed by atoms with E-state index in [0.717, 1.165) is 0 Å². The number of likely N-dealkylation sites (tertiary alicyclic amines) is 1. The highest BCUT2D eigenvalue weighted by Crippen LogP contribution is 2.23. The Hall–Kier alpha value is -1.56. The van der Waals surface area contributed by atoms with Gasteiger partial charge in [-0.2, -0.15) is 0 Å². The van der Waals surface area contributed by atoms with Crippen LogP contribution in [0.3, 0.4) is 0 Å². The van der Waals surface area contributed by atoms with Gasteiger partial charge in [-0.05, 0) is 40.1 Å². The number of hydrogen-bond donors (Lipinski definition) is 1. The molecule has 2 atom stereocenters. The molecule has 2 rings (SSSR count). The van der Waals surface area contributed by atoms with Crippen LogP contribution in [0, 0.1) is 11.8 Å². The summed E-state index contributed by atoms with van der Waals surface area (Å²) in [5.41, 5.74) is 0. The molecule has 1 saturated heterocycles. The number of halogens is 1. The van der Waals surface area contributed by atoms with Crippen molar-refractivity contribution >= 4 is 33.9 Å². The first-order chi connectivity index (χ1) is 8.97. The third kappa shape index (κ3) is 3.26. The molecule has 0 spiro atoms. The number of amides is 1. The predicted molar refractivity (Wildman–Crippen MR) is 72.3 cm³/mol. The van der Waals surface area contributed by atoms with Crippen molar-refractivity contribution in [3.63, 3.8) is 0 Å². The second kappa shape index (κ2) is 5.61. The van der Waals surface area contributed by atoms with Crippen molar-refractivity contribution in [1.82, 2.24) is 4.90 Å². The van der Waals surface area contributed by atoms with E-state index in [2.05, 4.69) is 15.9 Å². The van der Waals surface area contributed by atoms with E-state index >= 15 is 0 Å². The average Bonchev–Trinajstić information content (AvgIpc) is 2.92. The number of aliphatic carboxylic acids is 1. The van der Waals surface area contributed by atoms with Crippen LogP contribution in [0.2, 0.25) is 0 Å². The summed E-state index contributed by atoms with van der Waals surface area (Å²) >= 11 is 3.18. The standard InChI is InChI=1S/C13H14BrNO4/c1-8-6-15(7-10(8)13(17)18)12(16)5-3-9-2-4-11(14)19-9/h2-5,8,10H,6-7H2,1H3,(H,17,18)/b5-3+/t8-,10-/m1/s1. The molecule has 1 aromatic rings. The van der Waals surface area contributed by atoms with Gasteiger partial charge >= 0.3 is 5.97 Å². The second-order valence-corrected chi connectivity index (χ2v) is 5.42. The molecular weight excluding hydrogens is 314 g/mol. The van der Waals surface area contributed by atoms with Crippen LogP contribution in [0.5, 0.6) is 0 Å². The quantitative estimate of drug-likeness (QED) is 0.864. The van der Waals surface area contributed by atoms with E-state index in [4.69, 9.17) is 9.52 Å². The van der Waals surface area contributed by atoms with E-state index in [-0.39, 0.29) is 18.4 Å². The van der Waals surface area contributed by atoms with Crippen molar-refractivity contribution in [2.24, 2.45) is 11.8 Å². The van der Waals surface area contributed by atoms with Crippen LogP contribution in [0.25, 0.3) is 6.08 Å². The summed E-state index contributed by atoms with van der Waals surface area (Å²) in [6, 6.07) is 3.48. The summed E-state index contributed by atoms with van der Waals surface area (Å²) in [5, 5.41) is 9.02. The van der Waals surface area contributed by atoms with Crippen molar-refractivity contribution < 1.29 is 19.1 Å². The summed E-state index contributed by atoms with van der Waals surface area (Å²) in [5.74, 6) is -0.963. The zero-order valence-electron chi connectivity index (χ0n) is 10.4. The number of carboxylic acids is 1. The molecule has 2 heterocycles. The van der Waals surface area contributed by atoms with Crippen molar-refractivity contribution in [3.05, 3.63) is 28.6 Å². The number of carbonyl (C=O) groups excluding carboxylic acids is 1. The van der Waals surface area contributed by atoms with Crippen LogP contribution in [-0.2, 0) is 9.59 Å². The van der Waals surface area contributed by atoms with Crippen LogP contribution in [0.1, 0.15) is 12.7 Å². The molecule has 19 heavy (non-hydrogen) atoms. The van der Waals surface area contributed by atoms with E-state index in [1.807, 2.05) is 6.92 Å². The molecule has 1 aliphatic heterocycles. The molecule has 1 amide bonds. The fourth-order valence-electron chi connectivity index (χ4n) is 2.14. The summed E-state index contributed by atoms with van der Waals surface area (Å²) in [6.07, 6.45) is 2.98. The maximum absolute atomic E-state index is 11.9. The minimum Gasteiger partial charge on any atom is -0.481 e. The Morgan fingerprint density at radius 2 is 2.21 bits per heavy atom. The lowest BCUT2D eigenvalue weighted by molar-refractivity contribution is -0.142. The average molecular weight is 328 g/mol. The first-order valence-corrected chi connectivity index (χ1v) is 6.72. The molecular formula is C13H14BrNO4. The Morgan fingerprint density at radius 1 is 1.47 bits per heavy atom. The van der Waals surface area contributed by atoms with E-state index in [1.54, 1.807) is 23.1 Å². The molecule has 0 radical (unpaired) electrons. The molecule has 1 aliphatic rings. The fraction of sp³-hybridized carbons (Fsp3) is 0.385. The Kier molecular flexibility index (Phi) is 4.09. The van der Waals surface area contributed by atoms with Gasteiger partial charge in [-0.3, -0.25) is 9.59 Å². The van der Waals surface area contributed by atoms with Crippen molar-refractivity contribution in [2.45, 2.75) is 6.92 Å². The number of carbonyl (C=O) groups is 2. The molecule has 0 unspecified atom stereocenters. The van der Waals surface area contributed by atoms with E-state index in [9.17, 15) is 9.59 Å². The van der Waals surface area contributed by atoms with Crippen LogP contribution in [0.15, 0.2) is 27.3 Å². The fourth-order valence-corrected chi connectivity index (χ4v) is 2.46. The van der Waals surface area contributed by atoms with Crippen LogP contribution in [-0.4, -0.2) is 35.0 Å². The van der Waals surface area contributed by atoms with Gasteiger partial charge in [0, 0.05) is 19.2 Å². The van der Waals surface area contributed by atoms with Crippen molar-refractivity contribution in [3.8, 4) is 0 Å². The third-order valence-electron chi connectivity index (χ3n) is 3.23. The molecule has 6 heteroatoms. The Balaban J connectivity index is 1.98. The largest absolute Gasteiger partial charge is 0.481 e. The zero-order chi connectivity index (χ0) is 14.0. The highest BCUT2D eigenvalue weighted by atomic mass is 79.9. The van der Waals surface area contributed by atoms with Gasteiger partial charge in [0.25, 0.3) is 0 Å². The van der Waals surface area contributed by atoms with Gasteiger partial charge in [0.15, 0.2) is 4.67 Å². The van der Waals surface area contributed by atoms with E-state index < -0.39 is 11.9 Å². The van der Waals surface area contributed by atoms with Crippen LogP contribution < -0.4 is 0 Å². The number of furan rings is 1. The summed E-state index contributed by atoms with van der Waals surface area (Å²) in [4.78, 5) is 24.5. The highest BCUT2D eigenvalue weighted by Gasteiger charge is 2.36. The monoisotopic (exact) mass is 327 g/mol. The van der Waals surface area contributed by atoms with Crippen molar-refractivity contribution in [1.29, 1.82) is 0 Å². The number of rotatable bonds is 3. The van der Waals surface area contributed by atoms with E-state index in [1.165, 1.54) is 6.08 Å². The molecule has 0 saturated carbocycles. The lowest BCUT2D eigenvalue weighted by atomic mass is 9.99. The SMILES string of the molecule is C[C@@H]1CN(C(=O)/C=C/c2ccc(Br)o2)C[C@H]1C(=O)O. The molecule has 5 nitrogen and oxygen atoms in total.